The number of ether oxygens (including phenoxy) is 2. The molecule has 1 aromatic carbocycles. The second-order valence-electron chi connectivity index (χ2n) is 4.51. The minimum absolute atomic E-state index is 0.147. The number of benzene rings is 1. The maximum absolute atomic E-state index is 11.4. The van der Waals surface area contributed by atoms with Gasteiger partial charge in [0.15, 0.2) is 11.5 Å². The Morgan fingerprint density at radius 3 is 2.68 bits per heavy atom. The predicted molar refractivity (Wildman–Crippen MR) is 67.5 cm³/mol. The lowest BCUT2D eigenvalue weighted by Gasteiger charge is -2.35. The van der Waals surface area contributed by atoms with Crippen molar-refractivity contribution in [1.29, 1.82) is 0 Å². The van der Waals surface area contributed by atoms with Crippen molar-refractivity contribution in [2.45, 2.75) is 18.5 Å². The van der Waals surface area contributed by atoms with E-state index < -0.39 is 18.1 Å². The van der Waals surface area contributed by atoms with E-state index in [0.29, 0.717) is 18.0 Å². The highest BCUT2D eigenvalue weighted by Crippen LogP contribution is 2.37. The van der Waals surface area contributed by atoms with Gasteiger partial charge < -0.3 is 19.7 Å². The number of methoxy groups -OCH3 is 2. The molecule has 0 unspecified atom stereocenters. The SMILES string of the molecule is COc1ccc2c(c1OC)C[C@@](CO)(C(=O)O)NC2. The van der Waals surface area contributed by atoms with E-state index in [-0.39, 0.29) is 6.42 Å². The van der Waals surface area contributed by atoms with Crippen molar-refractivity contribution < 1.29 is 24.5 Å². The number of carboxylic acids is 1. The molecule has 0 saturated carbocycles. The van der Waals surface area contributed by atoms with Gasteiger partial charge in [-0.15, -0.1) is 0 Å². The number of aliphatic carboxylic acids is 1. The van der Waals surface area contributed by atoms with Gasteiger partial charge in [-0.2, -0.15) is 0 Å². The van der Waals surface area contributed by atoms with Crippen molar-refractivity contribution in [2.24, 2.45) is 0 Å². The van der Waals surface area contributed by atoms with Crippen LogP contribution >= 0.6 is 0 Å². The summed E-state index contributed by atoms with van der Waals surface area (Å²) < 4.78 is 10.5. The van der Waals surface area contributed by atoms with Crippen molar-refractivity contribution in [2.75, 3.05) is 20.8 Å². The molecule has 1 aliphatic rings. The normalized spacial score (nSPS) is 21.6. The average molecular weight is 267 g/mol. The van der Waals surface area contributed by atoms with Crippen molar-refractivity contribution in [1.82, 2.24) is 5.32 Å². The Morgan fingerprint density at radius 2 is 2.16 bits per heavy atom. The topological polar surface area (TPSA) is 88.0 Å². The van der Waals surface area contributed by atoms with E-state index in [4.69, 9.17) is 9.47 Å². The van der Waals surface area contributed by atoms with Gasteiger partial charge in [-0.05, 0) is 11.6 Å². The molecule has 6 nitrogen and oxygen atoms in total. The lowest BCUT2D eigenvalue weighted by molar-refractivity contribution is -0.147. The first-order valence-electron chi connectivity index (χ1n) is 5.90. The summed E-state index contributed by atoms with van der Waals surface area (Å²) >= 11 is 0. The van der Waals surface area contributed by atoms with Gasteiger partial charge in [0, 0.05) is 18.5 Å². The largest absolute Gasteiger partial charge is 0.493 e. The molecule has 0 saturated heterocycles. The van der Waals surface area contributed by atoms with Crippen LogP contribution in [0.2, 0.25) is 0 Å². The molecule has 0 radical (unpaired) electrons. The summed E-state index contributed by atoms with van der Waals surface area (Å²) in [5.74, 6) is 0.00600. The maximum Gasteiger partial charge on any atom is 0.326 e. The van der Waals surface area contributed by atoms with Crippen molar-refractivity contribution in [3.63, 3.8) is 0 Å². The van der Waals surface area contributed by atoms with Gasteiger partial charge in [-0.1, -0.05) is 6.07 Å². The monoisotopic (exact) mass is 267 g/mol. The first-order chi connectivity index (χ1) is 9.07. The van der Waals surface area contributed by atoms with Crippen molar-refractivity contribution in [3.05, 3.63) is 23.3 Å². The van der Waals surface area contributed by atoms with Crippen LogP contribution in [0.3, 0.4) is 0 Å². The average Bonchev–Trinajstić information content (AvgIpc) is 2.44. The Bertz CT molecular complexity index is 502. The zero-order valence-corrected chi connectivity index (χ0v) is 10.9. The van der Waals surface area contributed by atoms with E-state index in [1.807, 2.05) is 6.07 Å². The third-order valence-corrected chi connectivity index (χ3v) is 3.52. The van der Waals surface area contributed by atoms with Crippen LogP contribution in [0.15, 0.2) is 12.1 Å². The van der Waals surface area contributed by atoms with E-state index in [9.17, 15) is 15.0 Å². The molecule has 0 aliphatic carbocycles. The van der Waals surface area contributed by atoms with Crippen LogP contribution < -0.4 is 14.8 Å². The molecule has 6 heteroatoms. The van der Waals surface area contributed by atoms with Crippen LogP contribution in [0.4, 0.5) is 0 Å². The minimum Gasteiger partial charge on any atom is -0.493 e. The third-order valence-electron chi connectivity index (χ3n) is 3.52. The van der Waals surface area contributed by atoms with Gasteiger partial charge in [-0.25, -0.2) is 0 Å². The number of nitrogens with one attached hydrogen (secondary N) is 1. The molecular weight excluding hydrogens is 250 g/mol. The second kappa shape index (κ2) is 5.07. The summed E-state index contributed by atoms with van der Waals surface area (Å²) in [5, 5.41) is 21.6. The van der Waals surface area contributed by atoms with Gasteiger partial charge in [0.1, 0.15) is 5.54 Å². The molecule has 1 aromatic rings. The molecule has 2 rings (SSSR count). The molecular formula is C13H17NO5. The number of hydrogen-bond acceptors (Lipinski definition) is 5. The Hall–Kier alpha value is -1.79. The number of fused-ring (bicyclic) bond motifs is 1. The fraction of sp³-hybridized carbons (Fsp3) is 0.462. The number of rotatable bonds is 4. The fourth-order valence-electron chi connectivity index (χ4n) is 2.35. The highest BCUT2D eigenvalue weighted by atomic mass is 16.5. The Morgan fingerprint density at radius 1 is 1.42 bits per heavy atom. The summed E-state index contributed by atoms with van der Waals surface area (Å²) in [6, 6.07) is 3.65. The highest BCUT2D eigenvalue weighted by molar-refractivity contribution is 5.80. The number of carboxylic acid groups (broad SMARTS) is 1. The summed E-state index contributed by atoms with van der Waals surface area (Å²) in [7, 11) is 3.05. The van der Waals surface area contributed by atoms with Gasteiger partial charge in [-0.3, -0.25) is 10.1 Å². The summed E-state index contributed by atoms with van der Waals surface area (Å²) in [6.07, 6.45) is 0.147. The maximum atomic E-state index is 11.4. The van der Waals surface area contributed by atoms with E-state index in [1.54, 1.807) is 6.07 Å². The summed E-state index contributed by atoms with van der Waals surface area (Å²) in [5.41, 5.74) is 0.340. The highest BCUT2D eigenvalue weighted by Gasteiger charge is 2.42. The van der Waals surface area contributed by atoms with Crippen molar-refractivity contribution >= 4 is 5.97 Å². The molecule has 19 heavy (non-hydrogen) atoms. The molecule has 0 amide bonds. The molecule has 1 heterocycles. The van der Waals surface area contributed by atoms with Gasteiger partial charge in [0.2, 0.25) is 0 Å². The number of carbonyl (C=O) groups is 1. The quantitative estimate of drug-likeness (QED) is 0.720. The van der Waals surface area contributed by atoms with Crippen molar-refractivity contribution in [3.8, 4) is 11.5 Å². The lowest BCUT2D eigenvalue weighted by Crippen LogP contribution is -2.58. The number of aliphatic hydroxyl groups is 1. The number of aliphatic hydroxyl groups excluding tert-OH is 1. The zero-order chi connectivity index (χ0) is 14.0. The van der Waals surface area contributed by atoms with E-state index >= 15 is 0 Å². The number of hydrogen-bond donors (Lipinski definition) is 3. The molecule has 104 valence electrons. The predicted octanol–water partition coefficient (Wildman–Crippen LogP) is 0.165. The second-order valence-corrected chi connectivity index (χ2v) is 4.51. The molecule has 0 bridgehead atoms. The van der Waals surface area contributed by atoms with Crippen LogP contribution in [0.25, 0.3) is 0 Å². The molecule has 0 aromatic heterocycles. The molecule has 3 N–H and O–H groups in total. The molecule has 0 spiro atoms. The van der Waals surface area contributed by atoms with Crippen LogP contribution in [0.1, 0.15) is 11.1 Å². The van der Waals surface area contributed by atoms with E-state index in [1.165, 1.54) is 14.2 Å². The first kappa shape index (κ1) is 13.6. The Kier molecular flexibility index (Phi) is 3.64. The molecule has 1 aliphatic heterocycles. The van der Waals surface area contributed by atoms with Gasteiger partial charge >= 0.3 is 5.97 Å². The van der Waals surface area contributed by atoms with Gasteiger partial charge in [0.05, 0.1) is 20.8 Å². The molecule has 1 atom stereocenters. The minimum atomic E-state index is -1.37. The Balaban J connectivity index is 2.51. The van der Waals surface area contributed by atoms with Crippen LogP contribution in [0, 0.1) is 0 Å². The smallest absolute Gasteiger partial charge is 0.326 e. The van der Waals surface area contributed by atoms with Crippen LogP contribution in [0.5, 0.6) is 11.5 Å². The lowest BCUT2D eigenvalue weighted by atomic mass is 9.84. The third kappa shape index (κ3) is 2.13. The van der Waals surface area contributed by atoms with Gasteiger partial charge in [0.25, 0.3) is 0 Å². The summed E-state index contributed by atoms with van der Waals surface area (Å²) in [4.78, 5) is 11.4. The van der Waals surface area contributed by atoms with Crippen LogP contribution in [-0.2, 0) is 17.8 Å². The first-order valence-corrected chi connectivity index (χ1v) is 5.90. The van der Waals surface area contributed by atoms with E-state index in [0.717, 1.165) is 11.1 Å². The Labute approximate surface area is 111 Å². The fourth-order valence-corrected chi connectivity index (χ4v) is 2.35. The standard InChI is InChI=1S/C13H17NO5/c1-18-10-4-3-8-6-14-13(7-15,12(16)17)5-9(8)11(10)19-2/h3-4,14-15H,5-7H2,1-2H3,(H,16,17)/t13-/m1/s1. The zero-order valence-electron chi connectivity index (χ0n) is 10.9. The van der Waals surface area contributed by atoms with Crippen LogP contribution in [-0.4, -0.2) is 42.5 Å². The van der Waals surface area contributed by atoms with E-state index in [2.05, 4.69) is 5.32 Å². The molecule has 0 fully saturated rings. The summed E-state index contributed by atoms with van der Waals surface area (Å²) in [6.45, 7) is -0.120.